The fourth-order valence-corrected chi connectivity index (χ4v) is 2.02. The zero-order valence-corrected chi connectivity index (χ0v) is 7.19. The van der Waals surface area contributed by atoms with Gasteiger partial charge in [-0.2, -0.15) is 0 Å². The minimum Gasteiger partial charge on any atom is -0.381 e. The van der Waals surface area contributed by atoms with Crippen molar-refractivity contribution in [3.63, 3.8) is 0 Å². The van der Waals surface area contributed by atoms with Gasteiger partial charge in [0, 0.05) is 19.8 Å². The highest BCUT2D eigenvalue weighted by atomic mass is 32.2. The van der Waals surface area contributed by atoms with Crippen LogP contribution in [0.4, 0.5) is 0 Å². The molecule has 0 aromatic carbocycles. The Morgan fingerprint density at radius 1 is 1.18 bits per heavy atom. The summed E-state index contributed by atoms with van der Waals surface area (Å²) in [5, 5.41) is 0. The second-order valence-electron chi connectivity index (χ2n) is 2.53. The van der Waals surface area contributed by atoms with Crippen molar-refractivity contribution in [1.29, 1.82) is 0 Å². The summed E-state index contributed by atoms with van der Waals surface area (Å²) < 4.78 is 29.7. The average molecular weight is 179 g/mol. The lowest BCUT2D eigenvalue weighted by molar-refractivity contribution is 0.135. The highest BCUT2D eigenvalue weighted by Crippen LogP contribution is 1.95. The van der Waals surface area contributed by atoms with Crippen molar-refractivity contribution in [2.45, 2.75) is 12.8 Å². The van der Waals surface area contributed by atoms with E-state index in [-0.39, 0.29) is 5.75 Å². The van der Waals surface area contributed by atoms with Crippen LogP contribution in [0, 0.1) is 0 Å². The zero-order valence-electron chi connectivity index (χ0n) is 6.38. The lowest BCUT2D eigenvalue weighted by Crippen LogP contribution is -2.27. The van der Waals surface area contributed by atoms with Crippen LogP contribution in [0.2, 0.25) is 0 Å². The molecule has 4 nitrogen and oxygen atoms in total. The van der Waals surface area contributed by atoms with Crippen LogP contribution in [0.3, 0.4) is 0 Å². The molecule has 0 bridgehead atoms. The summed E-state index contributed by atoms with van der Waals surface area (Å²) in [5.41, 5.74) is 0. The Hall–Kier alpha value is -0.130. The Kier molecular flexibility index (Phi) is 3.29. The Morgan fingerprint density at radius 2 is 1.91 bits per heavy atom. The number of hydrogen-bond donors (Lipinski definition) is 1. The van der Waals surface area contributed by atoms with E-state index in [4.69, 9.17) is 4.74 Å². The number of nitrogens with one attached hydrogen (secondary N) is 1. The molecule has 1 aliphatic rings. The van der Waals surface area contributed by atoms with Crippen molar-refractivity contribution >= 4 is 10.0 Å². The molecule has 66 valence electrons. The first-order valence-electron chi connectivity index (χ1n) is 3.76. The van der Waals surface area contributed by atoms with Gasteiger partial charge in [0.15, 0.2) is 0 Å². The third-order valence-corrected chi connectivity index (χ3v) is 2.96. The van der Waals surface area contributed by atoms with Gasteiger partial charge in [-0.05, 0) is 12.8 Å². The Balaban J connectivity index is 2.44. The van der Waals surface area contributed by atoms with E-state index in [0.29, 0.717) is 26.2 Å². The van der Waals surface area contributed by atoms with Gasteiger partial charge in [-0.3, -0.25) is 0 Å². The molecule has 0 unspecified atom stereocenters. The minimum atomic E-state index is -3.00. The van der Waals surface area contributed by atoms with Gasteiger partial charge in [0.2, 0.25) is 10.0 Å². The summed E-state index contributed by atoms with van der Waals surface area (Å²) in [6.07, 6.45) is 1.36. The third-order valence-electron chi connectivity index (χ3n) is 1.49. The van der Waals surface area contributed by atoms with Crippen LogP contribution in [0.1, 0.15) is 12.8 Å². The van der Waals surface area contributed by atoms with Crippen molar-refractivity contribution in [3.8, 4) is 0 Å². The molecule has 11 heavy (non-hydrogen) atoms. The first-order valence-corrected chi connectivity index (χ1v) is 5.41. The van der Waals surface area contributed by atoms with E-state index in [0.717, 1.165) is 6.42 Å². The normalized spacial score (nSPS) is 26.5. The van der Waals surface area contributed by atoms with Gasteiger partial charge in [0.05, 0.1) is 5.75 Å². The number of ether oxygens (including phenoxy) is 1. The summed E-state index contributed by atoms with van der Waals surface area (Å²) in [5.74, 6) is 0.188. The Morgan fingerprint density at radius 3 is 2.73 bits per heavy atom. The average Bonchev–Trinajstić information content (AvgIpc) is 2.00. The first kappa shape index (κ1) is 8.96. The van der Waals surface area contributed by atoms with Gasteiger partial charge in [-0.15, -0.1) is 0 Å². The molecule has 0 saturated carbocycles. The predicted octanol–water partition coefficient (Wildman–Crippen LogP) is -0.284. The molecule has 1 saturated heterocycles. The molecule has 1 fully saturated rings. The highest BCUT2D eigenvalue weighted by molar-refractivity contribution is 7.89. The molecule has 1 rings (SSSR count). The van der Waals surface area contributed by atoms with E-state index in [9.17, 15) is 8.42 Å². The van der Waals surface area contributed by atoms with Crippen LogP contribution >= 0.6 is 0 Å². The van der Waals surface area contributed by atoms with E-state index >= 15 is 0 Å². The molecule has 1 aliphatic heterocycles. The van der Waals surface area contributed by atoms with Gasteiger partial charge < -0.3 is 4.74 Å². The van der Waals surface area contributed by atoms with Gasteiger partial charge in [-0.25, -0.2) is 13.1 Å². The topological polar surface area (TPSA) is 55.4 Å². The molecule has 0 aromatic heterocycles. The molecule has 0 radical (unpaired) electrons. The molecule has 0 amide bonds. The smallest absolute Gasteiger partial charge is 0.211 e. The quantitative estimate of drug-likeness (QED) is 0.556. The fraction of sp³-hybridized carbons (Fsp3) is 1.00. The summed E-state index contributed by atoms with van der Waals surface area (Å²) in [4.78, 5) is 0. The predicted molar refractivity (Wildman–Crippen MR) is 41.8 cm³/mol. The van der Waals surface area contributed by atoms with Crippen molar-refractivity contribution in [3.05, 3.63) is 0 Å². The standard InChI is InChI=1S/C6H13NO3S/c8-11(9)6-2-5-10-4-1-3-7-11/h7H,1-6H2. The van der Waals surface area contributed by atoms with Crippen molar-refractivity contribution < 1.29 is 13.2 Å². The van der Waals surface area contributed by atoms with Crippen molar-refractivity contribution in [1.82, 2.24) is 4.72 Å². The number of hydrogen-bond acceptors (Lipinski definition) is 3. The van der Waals surface area contributed by atoms with E-state index in [1.807, 2.05) is 0 Å². The molecule has 0 aliphatic carbocycles. The van der Waals surface area contributed by atoms with E-state index < -0.39 is 10.0 Å². The molecular weight excluding hydrogens is 166 g/mol. The second kappa shape index (κ2) is 4.04. The molecule has 0 spiro atoms. The van der Waals surface area contributed by atoms with Crippen molar-refractivity contribution in [2.75, 3.05) is 25.5 Å². The SMILES string of the molecule is O=S1(=O)CCCOCCCN1. The fourth-order valence-electron chi connectivity index (χ4n) is 0.927. The second-order valence-corrected chi connectivity index (χ2v) is 4.46. The van der Waals surface area contributed by atoms with Gasteiger partial charge in [-0.1, -0.05) is 0 Å². The number of sulfonamides is 1. The van der Waals surface area contributed by atoms with Crippen LogP contribution in [0.5, 0.6) is 0 Å². The van der Waals surface area contributed by atoms with E-state index in [2.05, 4.69) is 4.72 Å². The minimum absolute atomic E-state index is 0.188. The Labute approximate surface area is 67.0 Å². The van der Waals surface area contributed by atoms with Crippen LogP contribution in [0.25, 0.3) is 0 Å². The maximum atomic E-state index is 11.0. The lowest BCUT2D eigenvalue weighted by atomic mass is 10.4. The summed E-state index contributed by atoms with van der Waals surface area (Å²) >= 11 is 0. The van der Waals surface area contributed by atoms with Crippen LogP contribution in [0.15, 0.2) is 0 Å². The molecule has 0 atom stereocenters. The van der Waals surface area contributed by atoms with Crippen LogP contribution in [-0.4, -0.2) is 33.9 Å². The molecular formula is C6H13NO3S. The molecule has 5 heteroatoms. The van der Waals surface area contributed by atoms with Crippen LogP contribution in [-0.2, 0) is 14.8 Å². The maximum Gasteiger partial charge on any atom is 0.211 e. The van der Waals surface area contributed by atoms with Crippen molar-refractivity contribution in [2.24, 2.45) is 0 Å². The van der Waals surface area contributed by atoms with Gasteiger partial charge in [0.25, 0.3) is 0 Å². The molecule has 1 N–H and O–H groups in total. The summed E-state index contributed by atoms with van der Waals surface area (Å²) in [7, 11) is -3.00. The lowest BCUT2D eigenvalue weighted by Gasteiger charge is -2.01. The van der Waals surface area contributed by atoms with Gasteiger partial charge in [0.1, 0.15) is 0 Å². The monoisotopic (exact) mass is 179 g/mol. The summed E-state index contributed by atoms with van der Waals surface area (Å²) in [6.45, 7) is 1.71. The largest absolute Gasteiger partial charge is 0.381 e. The highest BCUT2D eigenvalue weighted by Gasteiger charge is 2.10. The number of rotatable bonds is 0. The third kappa shape index (κ3) is 3.69. The summed E-state index contributed by atoms with van der Waals surface area (Å²) in [6, 6.07) is 0. The first-order chi connectivity index (χ1) is 5.21. The van der Waals surface area contributed by atoms with E-state index in [1.54, 1.807) is 0 Å². The molecule has 0 aromatic rings. The van der Waals surface area contributed by atoms with Crippen LogP contribution < -0.4 is 4.72 Å². The Bertz CT molecular complexity index is 184. The molecule has 1 heterocycles. The maximum absolute atomic E-state index is 11.0. The zero-order chi connectivity index (χ0) is 8.16. The van der Waals surface area contributed by atoms with E-state index in [1.165, 1.54) is 0 Å². The van der Waals surface area contributed by atoms with Gasteiger partial charge >= 0.3 is 0 Å².